The number of nitrogens with zero attached hydrogens (tertiary/aromatic N) is 1. The number of ketones is 1. The molecule has 1 fully saturated rings. The number of amides is 1. The second kappa shape index (κ2) is 9.87. The Morgan fingerprint density at radius 3 is 2.31 bits per heavy atom. The van der Waals surface area contributed by atoms with E-state index in [2.05, 4.69) is 13.8 Å². The monoisotopic (exact) mass is 439 g/mol. The number of ether oxygens (including phenoxy) is 1. The summed E-state index contributed by atoms with van der Waals surface area (Å²) in [6.45, 7) is 8.87. The second-order valence-electron chi connectivity index (χ2n) is 7.97. The molecule has 0 aromatic heterocycles. The number of aryl methyl sites for hydroxylation is 1. The van der Waals surface area contributed by atoms with Crippen LogP contribution in [0.3, 0.4) is 0 Å². The molecule has 1 unspecified atom stereocenters. The van der Waals surface area contributed by atoms with E-state index < -0.39 is 17.7 Å². The maximum absolute atomic E-state index is 13.1. The molecule has 2 aromatic carbocycles. The van der Waals surface area contributed by atoms with Gasteiger partial charge in [-0.3, -0.25) is 9.59 Å². The number of aromatic hydroxyl groups is 1. The first-order valence-electron chi connectivity index (χ1n) is 10.9. The van der Waals surface area contributed by atoms with Gasteiger partial charge in [0.25, 0.3) is 11.7 Å². The predicted molar refractivity (Wildman–Crippen MR) is 122 cm³/mol. The van der Waals surface area contributed by atoms with Crippen molar-refractivity contribution in [2.75, 3.05) is 33.3 Å². The number of quaternary nitrogens is 1. The molecular formula is C25H31N2O5+. The van der Waals surface area contributed by atoms with Crippen LogP contribution in [0.1, 0.15) is 36.6 Å². The van der Waals surface area contributed by atoms with Crippen molar-refractivity contribution < 1.29 is 29.4 Å². The number of carbonyl (C=O) groups is 2. The van der Waals surface area contributed by atoms with Crippen LogP contribution in [0.4, 0.5) is 0 Å². The number of likely N-dealkylation sites (N-methyl/N-ethyl adjacent to an activating group) is 1. The van der Waals surface area contributed by atoms with Gasteiger partial charge in [-0.2, -0.15) is 0 Å². The topological polar surface area (TPSA) is 91.5 Å². The molecule has 170 valence electrons. The largest absolute Gasteiger partial charge is 0.508 e. The Kier molecular flexibility index (Phi) is 7.20. The van der Waals surface area contributed by atoms with Crippen LogP contribution in [0.2, 0.25) is 0 Å². The average Bonchev–Trinajstić information content (AvgIpc) is 3.04. The summed E-state index contributed by atoms with van der Waals surface area (Å²) in [7, 11) is 1.56. The third-order valence-corrected chi connectivity index (χ3v) is 6.14. The fourth-order valence-corrected chi connectivity index (χ4v) is 4.17. The zero-order valence-electron chi connectivity index (χ0n) is 19.0. The Morgan fingerprint density at radius 2 is 1.75 bits per heavy atom. The molecule has 1 aliphatic rings. The molecule has 1 aliphatic heterocycles. The molecule has 7 heteroatoms. The van der Waals surface area contributed by atoms with Crippen LogP contribution in [0.5, 0.6) is 11.5 Å². The van der Waals surface area contributed by atoms with E-state index in [1.807, 2.05) is 6.92 Å². The van der Waals surface area contributed by atoms with Gasteiger partial charge < -0.3 is 24.7 Å². The average molecular weight is 440 g/mol. The number of benzene rings is 2. The number of phenolic OH excluding ortho intramolecular Hbond substituents is 1. The normalized spacial score (nSPS) is 17.9. The Bertz CT molecular complexity index is 1030. The summed E-state index contributed by atoms with van der Waals surface area (Å²) >= 11 is 0. The van der Waals surface area contributed by atoms with Crippen LogP contribution >= 0.6 is 0 Å². The van der Waals surface area contributed by atoms with Crippen LogP contribution in [0.15, 0.2) is 48.0 Å². The predicted octanol–water partition coefficient (Wildman–Crippen LogP) is 2.06. The Hall–Kier alpha value is -3.32. The van der Waals surface area contributed by atoms with E-state index in [1.54, 1.807) is 37.4 Å². The number of carbonyl (C=O) groups excluding carboxylic acids is 2. The van der Waals surface area contributed by atoms with E-state index in [1.165, 1.54) is 21.9 Å². The van der Waals surface area contributed by atoms with Gasteiger partial charge in [-0.1, -0.05) is 12.1 Å². The first kappa shape index (κ1) is 23.3. The van der Waals surface area contributed by atoms with Crippen molar-refractivity contribution in [2.24, 2.45) is 0 Å². The molecule has 32 heavy (non-hydrogen) atoms. The molecule has 0 radical (unpaired) electrons. The molecule has 0 saturated carbocycles. The summed E-state index contributed by atoms with van der Waals surface area (Å²) in [4.78, 5) is 29.0. The molecule has 2 aromatic rings. The van der Waals surface area contributed by atoms with Gasteiger partial charge in [0.1, 0.15) is 17.3 Å². The van der Waals surface area contributed by atoms with Crippen molar-refractivity contribution in [3.63, 3.8) is 0 Å². The summed E-state index contributed by atoms with van der Waals surface area (Å²) < 4.78 is 5.23. The summed E-state index contributed by atoms with van der Waals surface area (Å²) in [5.41, 5.74) is 1.92. The number of hydrogen-bond donors (Lipinski definition) is 3. The van der Waals surface area contributed by atoms with Gasteiger partial charge in [-0.25, -0.2) is 0 Å². The summed E-state index contributed by atoms with van der Waals surface area (Å²) in [5.74, 6) is -0.812. The van der Waals surface area contributed by atoms with Crippen molar-refractivity contribution in [1.29, 1.82) is 0 Å². The van der Waals surface area contributed by atoms with Crippen molar-refractivity contribution in [2.45, 2.75) is 26.8 Å². The molecule has 0 spiro atoms. The van der Waals surface area contributed by atoms with E-state index in [-0.39, 0.29) is 17.1 Å². The molecule has 3 rings (SSSR count). The van der Waals surface area contributed by atoms with E-state index in [0.717, 1.165) is 18.7 Å². The first-order chi connectivity index (χ1) is 15.3. The van der Waals surface area contributed by atoms with Crippen LogP contribution in [0, 0.1) is 6.92 Å². The third-order valence-electron chi connectivity index (χ3n) is 6.14. The highest BCUT2D eigenvalue weighted by Crippen LogP contribution is 2.40. The van der Waals surface area contributed by atoms with Crippen LogP contribution in [-0.2, 0) is 9.59 Å². The minimum absolute atomic E-state index is 0.0588. The minimum Gasteiger partial charge on any atom is -0.508 e. The third kappa shape index (κ3) is 4.48. The van der Waals surface area contributed by atoms with Gasteiger partial charge in [0.2, 0.25) is 0 Å². The van der Waals surface area contributed by atoms with E-state index >= 15 is 0 Å². The highest BCUT2D eigenvalue weighted by Gasteiger charge is 2.46. The number of methoxy groups -OCH3 is 1. The molecule has 1 saturated heterocycles. The molecule has 1 amide bonds. The lowest BCUT2D eigenvalue weighted by Crippen LogP contribution is -3.12. The molecule has 7 nitrogen and oxygen atoms in total. The molecule has 3 N–H and O–H groups in total. The molecule has 1 heterocycles. The summed E-state index contributed by atoms with van der Waals surface area (Å²) in [6, 6.07) is 10.8. The number of aliphatic hydroxyl groups is 1. The van der Waals surface area contributed by atoms with E-state index in [0.29, 0.717) is 30.0 Å². The lowest BCUT2D eigenvalue weighted by atomic mass is 9.94. The first-order valence-corrected chi connectivity index (χ1v) is 10.9. The number of aliphatic hydroxyl groups excluding tert-OH is 1. The van der Waals surface area contributed by atoms with Crippen LogP contribution in [-0.4, -0.2) is 60.1 Å². The number of nitrogens with one attached hydrogen (secondary N) is 1. The van der Waals surface area contributed by atoms with Crippen LogP contribution < -0.4 is 9.64 Å². The highest BCUT2D eigenvalue weighted by atomic mass is 16.5. The number of Topliss-reactive ketones (excluding diaryl/α,β-unsaturated/α-hetero) is 1. The number of hydrogen-bond acceptors (Lipinski definition) is 5. The number of rotatable bonds is 8. The maximum atomic E-state index is 13.1. The van der Waals surface area contributed by atoms with Gasteiger partial charge in [0.05, 0.1) is 44.9 Å². The van der Waals surface area contributed by atoms with E-state index in [4.69, 9.17) is 4.74 Å². The standard InChI is InChI=1S/C25H30N2O5/c1-5-26(6-2)13-14-27-22(17-7-9-18(28)10-8-17)21(24(30)25(27)31)23(29)20-12-11-19(32-4)15-16(20)3/h7-12,15,22,28-29H,5-6,13-14H2,1-4H3/p+1. The minimum atomic E-state index is -0.730. The highest BCUT2D eigenvalue weighted by molar-refractivity contribution is 6.46. The maximum Gasteiger partial charge on any atom is 0.295 e. The quantitative estimate of drug-likeness (QED) is 0.333. The van der Waals surface area contributed by atoms with E-state index in [9.17, 15) is 19.8 Å². The van der Waals surface area contributed by atoms with Crippen LogP contribution in [0.25, 0.3) is 5.76 Å². The fraction of sp³-hybridized carbons (Fsp3) is 0.360. The van der Waals surface area contributed by atoms with Crippen molar-refractivity contribution in [3.8, 4) is 11.5 Å². The SMILES string of the molecule is CC[NH+](CC)CCN1C(=O)C(=O)C(=C(O)c2ccc(OC)cc2C)C1c1ccc(O)cc1. The van der Waals surface area contributed by atoms with Crippen molar-refractivity contribution in [3.05, 3.63) is 64.7 Å². The lowest BCUT2D eigenvalue weighted by molar-refractivity contribution is -0.895. The molecule has 0 aliphatic carbocycles. The number of likely N-dealkylation sites (tertiary alicyclic amines) is 1. The smallest absolute Gasteiger partial charge is 0.295 e. The Morgan fingerprint density at radius 1 is 1.09 bits per heavy atom. The van der Waals surface area contributed by atoms with Gasteiger partial charge in [0.15, 0.2) is 0 Å². The summed E-state index contributed by atoms with van der Waals surface area (Å²) in [5, 5.41) is 20.9. The fourth-order valence-electron chi connectivity index (χ4n) is 4.17. The Labute approximate surface area is 188 Å². The van der Waals surface area contributed by atoms with Gasteiger partial charge in [0, 0.05) is 5.56 Å². The zero-order chi connectivity index (χ0) is 23.4. The molecule has 1 atom stereocenters. The van der Waals surface area contributed by atoms with Gasteiger partial charge in [-0.05, 0) is 62.2 Å². The van der Waals surface area contributed by atoms with Crippen molar-refractivity contribution in [1.82, 2.24) is 4.90 Å². The summed E-state index contributed by atoms with van der Waals surface area (Å²) in [6.07, 6.45) is 0. The Balaban J connectivity index is 2.12. The molecular weight excluding hydrogens is 408 g/mol. The van der Waals surface area contributed by atoms with Gasteiger partial charge >= 0.3 is 0 Å². The molecule has 0 bridgehead atoms. The lowest BCUT2D eigenvalue weighted by Gasteiger charge is -2.27. The van der Waals surface area contributed by atoms with Gasteiger partial charge in [-0.15, -0.1) is 0 Å². The number of phenols is 1. The van der Waals surface area contributed by atoms with Crippen molar-refractivity contribution >= 4 is 17.4 Å². The second-order valence-corrected chi connectivity index (χ2v) is 7.97. The zero-order valence-corrected chi connectivity index (χ0v) is 19.0.